The fraction of sp³-hybridized carbons (Fsp3) is 0.429. The zero-order chi connectivity index (χ0) is 21.0. The SMILES string of the molecule is CCCCOc1cc(Br)c([C@@H]2C(C(=O)OCC)=C(C)N=C3SC=CN32)cc1OC. The van der Waals surface area contributed by atoms with Crippen LogP contribution in [0.15, 0.2) is 44.5 Å². The average molecular weight is 481 g/mol. The number of unbranched alkanes of at least 4 members (excludes halogenated alkanes) is 1. The molecule has 1 aromatic rings. The molecule has 2 aliphatic heterocycles. The molecule has 0 N–H and O–H groups in total. The van der Waals surface area contributed by atoms with E-state index >= 15 is 0 Å². The highest BCUT2D eigenvalue weighted by Gasteiger charge is 2.38. The lowest BCUT2D eigenvalue weighted by Gasteiger charge is -2.34. The maximum Gasteiger partial charge on any atom is 0.338 e. The smallest absolute Gasteiger partial charge is 0.338 e. The van der Waals surface area contributed by atoms with Crippen molar-refractivity contribution in [1.82, 2.24) is 4.90 Å². The molecule has 3 rings (SSSR count). The summed E-state index contributed by atoms with van der Waals surface area (Å²) in [6.07, 6.45) is 3.96. The minimum Gasteiger partial charge on any atom is -0.493 e. The number of carbonyl (C=O) groups excluding carboxylic acids is 1. The van der Waals surface area contributed by atoms with E-state index in [1.54, 1.807) is 14.0 Å². The molecule has 0 fully saturated rings. The van der Waals surface area contributed by atoms with E-state index in [-0.39, 0.29) is 12.0 Å². The fourth-order valence-electron chi connectivity index (χ4n) is 3.24. The van der Waals surface area contributed by atoms with E-state index in [0.717, 1.165) is 28.0 Å². The van der Waals surface area contributed by atoms with E-state index in [4.69, 9.17) is 14.2 Å². The summed E-state index contributed by atoms with van der Waals surface area (Å²) in [4.78, 5) is 19.4. The van der Waals surface area contributed by atoms with Crippen LogP contribution >= 0.6 is 27.7 Å². The monoisotopic (exact) mass is 480 g/mol. The maximum absolute atomic E-state index is 12.8. The molecule has 29 heavy (non-hydrogen) atoms. The van der Waals surface area contributed by atoms with Gasteiger partial charge in [-0.25, -0.2) is 9.79 Å². The summed E-state index contributed by atoms with van der Waals surface area (Å²) >= 11 is 5.21. The predicted molar refractivity (Wildman–Crippen MR) is 119 cm³/mol. The molecule has 0 amide bonds. The molecule has 0 unspecified atom stereocenters. The highest BCUT2D eigenvalue weighted by Crippen LogP contribution is 2.46. The summed E-state index contributed by atoms with van der Waals surface area (Å²) in [5.41, 5.74) is 2.06. The number of thioether (sulfide) groups is 1. The Balaban J connectivity index is 2.07. The normalized spacial score (nSPS) is 17.9. The first kappa shape index (κ1) is 21.8. The molecule has 0 aromatic heterocycles. The number of esters is 1. The van der Waals surface area contributed by atoms with E-state index in [0.29, 0.717) is 36.0 Å². The van der Waals surface area contributed by atoms with Crippen molar-refractivity contribution in [2.24, 2.45) is 4.99 Å². The summed E-state index contributed by atoms with van der Waals surface area (Å²) in [5.74, 6) is 0.934. The molecule has 1 aromatic carbocycles. The first-order valence-corrected chi connectivity index (χ1v) is 11.3. The number of halogens is 1. The average Bonchev–Trinajstić information content (AvgIpc) is 3.15. The standard InChI is InChI=1S/C21H25BrN2O4S/c1-5-7-9-28-17-12-15(22)14(11-16(17)26-4)19-18(20(25)27-6-2)13(3)23-21-24(19)8-10-29-21/h8,10-12,19H,5-7,9H2,1-4H3/t19-/m1/s1. The van der Waals surface area contributed by atoms with E-state index in [1.165, 1.54) is 11.8 Å². The molecule has 8 heteroatoms. The lowest BCUT2D eigenvalue weighted by molar-refractivity contribution is -0.139. The van der Waals surface area contributed by atoms with Gasteiger partial charge in [-0.05, 0) is 43.4 Å². The Hall–Kier alpha value is -1.93. The van der Waals surface area contributed by atoms with Gasteiger partial charge < -0.3 is 19.1 Å². The number of ether oxygens (including phenoxy) is 3. The fourth-order valence-corrected chi connectivity index (χ4v) is 4.57. The molecule has 0 bridgehead atoms. The van der Waals surface area contributed by atoms with E-state index < -0.39 is 0 Å². The quantitative estimate of drug-likeness (QED) is 0.366. The van der Waals surface area contributed by atoms with Crippen LogP contribution in [0.5, 0.6) is 11.5 Å². The molecule has 0 saturated carbocycles. The van der Waals surface area contributed by atoms with Crippen molar-refractivity contribution in [2.75, 3.05) is 20.3 Å². The topological polar surface area (TPSA) is 60.4 Å². The van der Waals surface area contributed by atoms with Gasteiger partial charge in [-0.1, -0.05) is 41.0 Å². The maximum atomic E-state index is 12.8. The Labute approximate surface area is 184 Å². The molecular weight excluding hydrogens is 456 g/mol. The summed E-state index contributed by atoms with van der Waals surface area (Å²) < 4.78 is 17.7. The number of carbonyl (C=O) groups is 1. The number of benzene rings is 1. The van der Waals surface area contributed by atoms with Gasteiger partial charge in [0, 0.05) is 10.7 Å². The largest absolute Gasteiger partial charge is 0.493 e. The number of aliphatic imine (C=N–C) groups is 1. The van der Waals surface area contributed by atoms with Gasteiger partial charge in [-0.3, -0.25) is 0 Å². The van der Waals surface area contributed by atoms with E-state index in [2.05, 4.69) is 27.8 Å². The number of nitrogens with zero attached hydrogens (tertiary/aromatic N) is 2. The van der Waals surface area contributed by atoms with Gasteiger partial charge in [0.1, 0.15) is 0 Å². The molecule has 2 heterocycles. The van der Waals surface area contributed by atoms with Crippen LogP contribution in [-0.2, 0) is 9.53 Å². The number of rotatable bonds is 8. The Morgan fingerprint density at radius 3 is 2.79 bits per heavy atom. The molecular formula is C21H25BrN2O4S. The first-order chi connectivity index (χ1) is 14.0. The van der Waals surface area contributed by atoms with Crippen molar-refractivity contribution in [2.45, 2.75) is 39.7 Å². The van der Waals surface area contributed by atoms with Crippen LogP contribution in [-0.4, -0.2) is 36.4 Å². The van der Waals surface area contributed by atoms with Gasteiger partial charge in [-0.15, -0.1) is 0 Å². The Kier molecular flexibility index (Phi) is 7.29. The molecule has 0 aliphatic carbocycles. The summed E-state index contributed by atoms with van der Waals surface area (Å²) in [5, 5.41) is 2.79. The van der Waals surface area contributed by atoms with E-state index in [9.17, 15) is 4.79 Å². The zero-order valence-electron chi connectivity index (χ0n) is 17.0. The molecule has 2 aliphatic rings. The molecule has 1 atom stereocenters. The van der Waals surface area contributed by atoms with Crippen molar-refractivity contribution in [3.05, 3.63) is 45.0 Å². The van der Waals surface area contributed by atoms with Gasteiger partial charge in [0.15, 0.2) is 16.7 Å². The first-order valence-electron chi connectivity index (χ1n) is 9.60. The minimum absolute atomic E-state index is 0.304. The zero-order valence-corrected chi connectivity index (χ0v) is 19.4. The summed E-state index contributed by atoms with van der Waals surface area (Å²) in [6, 6.07) is 3.45. The van der Waals surface area contributed by atoms with Gasteiger partial charge in [0.25, 0.3) is 0 Å². The second-order valence-corrected chi connectivity index (χ2v) is 8.28. The predicted octanol–water partition coefficient (Wildman–Crippen LogP) is 5.40. The van der Waals surface area contributed by atoms with Crippen LogP contribution in [0.2, 0.25) is 0 Å². The third-order valence-electron chi connectivity index (χ3n) is 4.65. The summed E-state index contributed by atoms with van der Waals surface area (Å²) in [7, 11) is 1.62. The Bertz CT molecular complexity index is 882. The summed E-state index contributed by atoms with van der Waals surface area (Å²) in [6.45, 7) is 6.69. The van der Waals surface area contributed by atoms with Crippen molar-refractivity contribution in [3.63, 3.8) is 0 Å². The Morgan fingerprint density at radius 1 is 1.31 bits per heavy atom. The highest BCUT2D eigenvalue weighted by molar-refractivity contribution is 9.10. The van der Waals surface area contributed by atoms with Crippen LogP contribution in [0, 0.1) is 0 Å². The minimum atomic E-state index is -0.374. The third-order valence-corrected chi connectivity index (χ3v) is 6.11. The van der Waals surface area contributed by atoms with Crippen molar-refractivity contribution in [3.8, 4) is 11.5 Å². The number of hydrogen-bond donors (Lipinski definition) is 0. The van der Waals surface area contributed by atoms with Gasteiger partial charge in [-0.2, -0.15) is 0 Å². The van der Waals surface area contributed by atoms with Gasteiger partial charge in [0.05, 0.1) is 37.6 Å². The lowest BCUT2D eigenvalue weighted by Crippen LogP contribution is -2.34. The van der Waals surface area contributed by atoms with Crippen LogP contribution in [0.1, 0.15) is 45.2 Å². The lowest BCUT2D eigenvalue weighted by atomic mass is 9.94. The van der Waals surface area contributed by atoms with Crippen LogP contribution in [0.25, 0.3) is 0 Å². The number of fused-ring (bicyclic) bond motifs is 1. The van der Waals surface area contributed by atoms with Crippen molar-refractivity contribution in [1.29, 1.82) is 0 Å². The number of allylic oxidation sites excluding steroid dienone is 1. The van der Waals surface area contributed by atoms with Crippen LogP contribution in [0.4, 0.5) is 0 Å². The van der Waals surface area contributed by atoms with Crippen LogP contribution in [0.3, 0.4) is 0 Å². The van der Waals surface area contributed by atoms with Crippen molar-refractivity contribution < 1.29 is 19.0 Å². The Morgan fingerprint density at radius 2 is 2.10 bits per heavy atom. The number of amidine groups is 1. The van der Waals surface area contributed by atoms with Crippen LogP contribution < -0.4 is 9.47 Å². The van der Waals surface area contributed by atoms with Crippen molar-refractivity contribution >= 4 is 38.8 Å². The van der Waals surface area contributed by atoms with E-state index in [1.807, 2.05) is 35.6 Å². The molecule has 6 nitrogen and oxygen atoms in total. The number of methoxy groups -OCH3 is 1. The highest BCUT2D eigenvalue weighted by atomic mass is 79.9. The molecule has 0 spiro atoms. The molecule has 0 saturated heterocycles. The second-order valence-electron chi connectivity index (χ2n) is 6.55. The second kappa shape index (κ2) is 9.71. The molecule has 0 radical (unpaired) electrons. The van der Waals surface area contributed by atoms with Gasteiger partial charge in [0.2, 0.25) is 0 Å². The number of hydrogen-bond acceptors (Lipinski definition) is 7. The van der Waals surface area contributed by atoms with Gasteiger partial charge >= 0.3 is 5.97 Å². The third kappa shape index (κ3) is 4.48. The molecule has 156 valence electrons.